The van der Waals surface area contributed by atoms with E-state index < -0.39 is 0 Å². The van der Waals surface area contributed by atoms with Gasteiger partial charge in [0.05, 0.1) is 6.10 Å². The molecule has 2 fully saturated rings. The van der Waals surface area contributed by atoms with Crippen molar-refractivity contribution in [1.29, 1.82) is 0 Å². The Morgan fingerprint density at radius 2 is 2.00 bits per heavy atom. The van der Waals surface area contributed by atoms with Crippen molar-refractivity contribution in [3.05, 3.63) is 0 Å². The maximum atomic E-state index is 9.95. The molecule has 1 saturated carbocycles. The lowest BCUT2D eigenvalue weighted by molar-refractivity contribution is 0.0294. The highest BCUT2D eigenvalue weighted by Gasteiger charge is 2.32. The van der Waals surface area contributed by atoms with Crippen LogP contribution in [0.4, 0.5) is 0 Å². The molecule has 1 saturated heterocycles. The number of nitrogens with zero attached hydrogens (tertiary/aromatic N) is 1. The lowest BCUT2D eigenvalue weighted by Gasteiger charge is -2.35. The van der Waals surface area contributed by atoms with Gasteiger partial charge in [0.2, 0.25) is 0 Å². The van der Waals surface area contributed by atoms with Crippen LogP contribution in [0.15, 0.2) is 0 Å². The van der Waals surface area contributed by atoms with E-state index in [2.05, 4.69) is 11.8 Å². The highest BCUT2D eigenvalue weighted by Crippen LogP contribution is 2.28. The molecular weight excluding hydrogens is 174 g/mol. The van der Waals surface area contributed by atoms with Crippen molar-refractivity contribution in [3.8, 4) is 0 Å². The van der Waals surface area contributed by atoms with E-state index in [1.54, 1.807) is 0 Å². The summed E-state index contributed by atoms with van der Waals surface area (Å²) in [7, 11) is 0. The van der Waals surface area contributed by atoms with Crippen molar-refractivity contribution in [3.63, 3.8) is 0 Å². The Labute approximate surface area is 87.3 Å². The third-order valence-corrected chi connectivity index (χ3v) is 4.06. The SMILES string of the molecule is CCC1CCN([C@H]2CCCC[C@@H]2O)C1. The van der Waals surface area contributed by atoms with Gasteiger partial charge in [-0.25, -0.2) is 0 Å². The van der Waals surface area contributed by atoms with Crippen molar-refractivity contribution in [2.75, 3.05) is 13.1 Å². The fourth-order valence-corrected chi connectivity index (χ4v) is 3.01. The smallest absolute Gasteiger partial charge is 0.0695 e. The molecule has 0 aromatic heterocycles. The Morgan fingerprint density at radius 3 is 2.64 bits per heavy atom. The van der Waals surface area contributed by atoms with E-state index in [0.29, 0.717) is 6.04 Å². The number of hydrogen-bond donors (Lipinski definition) is 1. The number of rotatable bonds is 2. The fourth-order valence-electron chi connectivity index (χ4n) is 3.01. The Bertz CT molecular complexity index is 183. The van der Waals surface area contributed by atoms with E-state index in [9.17, 15) is 5.11 Å². The van der Waals surface area contributed by atoms with Gasteiger partial charge < -0.3 is 5.11 Å². The minimum Gasteiger partial charge on any atom is -0.391 e. The van der Waals surface area contributed by atoms with Crippen LogP contribution < -0.4 is 0 Å². The maximum Gasteiger partial charge on any atom is 0.0695 e. The van der Waals surface area contributed by atoms with Crippen molar-refractivity contribution in [2.45, 2.75) is 57.6 Å². The van der Waals surface area contributed by atoms with Gasteiger partial charge in [-0.1, -0.05) is 26.2 Å². The first-order valence-electron chi connectivity index (χ1n) is 6.23. The minimum atomic E-state index is -0.0423. The third-order valence-electron chi connectivity index (χ3n) is 4.06. The van der Waals surface area contributed by atoms with E-state index in [1.807, 2.05) is 0 Å². The Balaban J connectivity index is 1.88. The predicted octanol–water partition coefficient (Wildman–Crippen LogP) is 2.02. The molecule has 3 atom stereocenters. The summed E-state index contributed by atoms with van der Waals surface area (Å²) in [5, 5.41) is 9.95. The van der Waals surface area contributed by atoms with E-state index >= 15 is 0 Å². The summed E-state index contributed by atoms with van der Waals surface area (Å²) in [5.74, 6) is 0.893. The van der Waals surface area contributed by atoms with E-state index in [4.69, 9.17) is 0 Å². The third kappa shape index (κ3) is 2.12. The average Bonchev–Trinajstić information content (AvgIpc) is 2.67. The van der Waals surface area contributed by atoms with Gasteiger partial charge in [0.25, 0.3) is 0 Å². The summed E-state index contributed by atoms with van der Waals surface area (Å²) in [5.41, 5.74) is 0. The summed E-state index contributed by atoms with van der Waals surface area (Å²) < 4.78 is 0. The number of aliphatic hydroxyl groups is 1. The van der Waals surface area contributed by atoms with Crippen LogP contribution in [-0.4, -0.2) is 35.2 Å². The second-order valence-electron chi connectivity index (χ2n) is 4.98. The molecule has 0 spiro atoms. The molecule has 0 amide bonds. The highest BCUT2D eigenvalue weighted by atomic mass is 16.3. The molecule has 2 nitrogen and oxygen atoms in total. The fraction of sp³-hybridized carbons (Fsp3) is 1.00. The van der Waals surface area contributed by atoms with Crippen LogP contribution in [0.5, 0.6) is 0 Å². The van der Waals surface area contributed by atoms with Gasteiger partial charge in [0.15, 0.2) is 0 Å². The van der Waals surface area contributed by atoms with Gasteiger partial charge in [-0.2, -0.15) is 0 Å². The van der Waals surface area contributed by atoms with Crippen LogP contribution in [0.25, 0.3) is 0 Å². The first kappa shape index (κ1) is 10.4. The zero-order valence-corrected chi connectivity index (χ0v) is 9.28. The monoisotopic (exact) mass is 197 g/mol. The molecule has 2 aliphatic rings. The molecule has 2 heteroatoms. The average molecular weight is 197 g/mol. The highest BCUT2D eigenvalue weighted by molar-refractivity contribution is 4.87. The van der Waals surface area contributed by atoms with Crippen molar-refractivity contribution in [1.82, 2.24) is 4.90 Å². The van der Waals surface area contributed by atoms with Gasteiger partial charge in [-0.15, -0.1) is 0 Å². The first-order valence-corrected chi connectivity index (χ1v) is 6.23. The Kier molecular flexibility index (Phi) is 3.45. The standard InChI is InChI=1S/C12H23NO/c1-2-10-7-8-13(9-10)11-5-3-4-6-12(11)14/h10-12,14H,2-9H2,1H3/t10?,11-,12-/m0/s1. The molecule has 0 aromatic carbocycles. The van der Waals surface area contributed by atoms with Crippen LogP contribution in [-0.2, 0) is 0 Å². The summed E-state index contributed by atoms with van der Waals surface area (Å²) in [6, 6.07) is 0.486. The van der Waals surface area contributed by atoms with Gasteiger partial charge >= 0.3 is 0 Å². The molecule has 0 aromatic rings. The second kappa shape index (κ2) is 4.63. The number of likely N-dealkylation sites (tertiary alicyclic amines) is 1. The second-order valence-corrected chi connectivity index (χ2v) is 4.98. The van der Waals surface area contributed by atoms with Crippen molar-refractivity contribution >= 4 is 0 Å². The summed E-state index contributed by atoms with van der Waals surface area (Å²) in [4.78, 5) is 2.54. The number of hydrogen-bond acceptors (Lipinski definition) is 2. The molecule has 0 bridgehead atoms. The quantitative estimate of drug-likeness (QED) is 0.732. The molecule has 1 aliphatic heterocycles. The maximum absolute atomic E-state index is 9.95. The Hall–Kier alpha value is -0.0800. The van der Waals surface area contributed by atoms with E-state index in [0.717, 1.165) is 12.3 Å². The topological polar surface area (TPSA) is 23.5 Å². The molecule has 14 heavy (non-hydrogen) atoms. The molecule has 1 heterocycles. The molecule has 1 unspecified atom stereocenters. The molecule has 2 rings (SSSR count). The summed E-state index contributed by atoms with van der Waals surface area (Å²) in [6.07, 6.45) is 7.39. The Morgan fingerprint density at radius 1 is 1.21 bits per heavy atom. The molecule has 0 radical (unpaired) electrons. The van der Waals surface area contributed by atoms with Crippen molar-refractivity contribution in [2.24, 2.45) is 5.92 Å². The molecular formula is C12H23NO. The molecule has 1 aliphatic carbocycles. The zero-order valence-electron chi connectivity index (χ0n) is 9.28. The van der Waals surface area contributed by atoms with Gasteiger partial charge in [0, 0.05) is 12.6 Å². The predicted molar refractivity (Wildman–Crippen MR) is 58.2 cm³/mol. The zero-order chi connectivity index (χ0) is 9.97. The van der Waals surface area contributed by atoms with Crippen LogP contribution in [0.1, 0.15) is 45.4 Å². The van der Waals surface area contributed by atoms with Gasteiger partial charge in [-0.3, -0.25) is 4.90 Å². The summed E-state index contributed by atoms with van der Waals surface area (Å²) in [6.45, 7) is 4.74. The van der Waals surface area contributed by atoms with Crippen LogP contribution in [0, 0.1) is 5.92 Å². The normalized spacial score (nSPS) is 40.3. The largest absolute Gasteiger partial charge is 0.391 e. The lowest BCUT2D eigenvalue weighted by Crippen LogP contribution is -2.44. The van der Waals surface area contributed by atoms with E-state index in [-0.39, 0.29) is 6.10 Å². The number of aliphatic hydroxyl groups excluding tert-OH is 1. The van der Waals surface area contributed by atoms with Crippen LogP contribution >= 0.6 is 0 Å². The summed E-state index contributed by atoms with van der Waals surface area (Å²) >= 11 is 0. The van der Waals surface area contributed by atoms with Crippen LogP contribution in [0.3, 0.4) is 0 Å². The van der Waals surface area contributed by atoms with E-state index in [1.165, 1.54) is 45.2 Å². The van der Waals surface area contributed by atoms with Gasteiger partial charge in [-0.05, 0) is 31.7 Å². The van der Waals surface area contributed by atoms with Crippen LogP contribution in [0.2, 0.25) is 0 Å². The molecule has 1 N–H and O–H groups in total. The molecule has 82 valence electrons. The van der Waals surface area contributed by atoms with Crippen molar-refractivity contribution < 1.29 is 5.11 Å². The lowest BCUT2D eigenvalue weighted by atomic mass is 9.91. The minimum absolute atomic E-state index is 0.0423. The first-order chi connectivity index (χ1) is 6.81. The van der Waals surface area contributed by atoms with Gasteiger partial charge in [0.1, 0.15) is 0 Å².